The molecule has 2 N–H and O–H groups in total. The number of hydrogen-bond acceptors (Lipinski definition) is 2. The zero-order valence-electron chi connectivity index (χ0n) is 10.9. The molecule has 0 spiro atoms. The Labute approximate surface area is 116 Å². The summed E-state index contributed by atoms with van der Waals surface area (Å²) in [6.45, 7) is 15.7. The maximum Gasteiger partial charge on any atom is 0.227 e. The monoisotopic (exact) mass is 278 g/mol. The van der Waals surface area contributed by atoms with Gasteiger partial charge in [0.05, 0.1) is 11.6 Å². The highest BCUT2D eigenvalue weighted by Gasteiger charge is 2.24. The highest BCUT2D eigenvalue weighted by atomic mass is 35.5. The van der Waals surface area contributed by atoms with E-state index in [2.05, 4.69) is 25.6 Å². The van der Waals surface area contributed by atoms with Crippen LogP contribution in [0, 0.1) is 13.5 Å². The molecule has 4 heteroatoms. The number of rotatable bonds is 0. The lowest BCUT2D eigenvalue weighted by Crippen LogP contribution is -2.13. The van der Waals surface area contributed by atoms with E-state index >= 15 is 0 Å². The SMILES string of the molecule is [C-]#[N+]c1c(N)sc2c(C(C)(C)C)c(C)c(Cl)cc12. The number of nitrogen functional groups attached to an aromatic ring is 1. The number of hydrogen-bond donors (Lipinski definition) is 1. The van der Waals surface area contributed by atoms with Crippen LogP contribution >= 0.6 is 22.9 Å². The summed E-state index contributed by atoms with van der Waals surface area (Å²) in [6.07, 6.45) is 0. The molecule has 1 aromatic heterocycles. The number of nitrogens with two attached hydrogens (primary N) is 1. The van der Waals surface area contributed by atoms with Gasteiger partial charge in [-0.15, -0.1) is 11.3 Å². The van der Waals surface area contributed by atoms with E-state index in [4.69, 9.17) is 23.9 Å². The quantitative estimate of drug-likeness (QED) is 0.652. The zero-order valence-corrected chi connectivity index (χ0v) is 12.5. The number of anilines is 1. The van der Waals surface area contributed by atoms with Crippen LogP contribution in [0.25, 0.3) is 14.9 Å². The fourth-order valence-electron chi connectivity index (χ4n) is 2.32. The molecule has 0 bridgehead atoms. The molecule has 1 heterocycles. The summed E-state index contributed by atoms with van der Waals surface area (Å²) in [6, 6.07) is 1.86. The van der Waals surface area contributed by atoms with Crippen LogP contribution in [-0.2, 0) is 5.41 Å². The van der Waals surface area contributed by atoms with E-state index in [0.29, 0.717) is 15.7 Å². The molecule has 18 heavy (non-hydrogen) atoms. The molecule has 0 aliphatic heterocycles. The molecule has 1 aromatic carbocycles. The lowest BCUT2D eigenvalue weighted by atomic mass is 9.83. The minimum Gasteiger partial charge on any atom is -0.399 e. The number of fused-ring (bicyclic) bond motifs is 1. The third kappa shape index (κ3) is 1.86. The molecule has 0 saturated heterocycles. The Kier molecular flexibility index (Phi) is 3.04. The minimum absolute atomic E-state index is 0.0240. The van der Waals surface area contributed by atoms with Crippen LogP contribution in [0.4, 0.5) is 10.7 Å². The third-order valence-corrected chi connectivity index (χ3v) is 4.47. The van der Waals surface area contributed by atoms with Gasteiger partial charge in [0, 0.05) is 15.1 Å². The average molecular weight is 279 g/mol. The van der Waals surface area contributed by atoms with Crippen LogP contribution in [0.3, 0.4) is 0 Å². The lowest BCUT2D eigenvalue weighted by Gasteiger charge is -2.23. The Hall–Kier alpha value is -1.24. The van der Waals surface area contributed by atoms with Crippen molar-refractivity contribution in [3.8, 4) is 0 Å². The van der Waals surface area contributed by atoms with E-state index in [0.717, 1.165) is 15.6 Å². The lowest BCUT2D eigenvalue weighted by molar-refractivity contribution is 0.593. The first-order valence-corrected chi connectivity index (χ1v) is 6.85. The maximum atomic E-state index is 7.24. The number of thiophene rings is 1. The first-order valence-electron chi connectivity index (χ1n) is 5.66. The second-order valence-electron chi connectivity index (χ2n) is 5.41. The molecule has 0 fully saturated rings. The van der Waals surface area contributed by atoms with Crippen LogP contribution in [-0.4, -0.2) is 0 Å². The molecule has 2 aromatic rings. The first kappa shape index (κ1) is 13.2. The molecule has 0 unspecified atom stereocenters. The summed E-state index contributed by atoms with van der Waals surface area (Å²) in [7, 11) is 0. The molecule has 0 amide bonds. The summed E-state index contributed by atoms with van der Waals surface area (Å²) >= 11 is 7.78. The van der Waals surface area contributed by atoms with Crippen LogP contribution in [0.15, 0.2) is 6.07 Å². The van der Waals surface area contributed by atoms with Gasteiger partial charge in [0.25, 0.3) is 0 Å². The minimum atomic E-state index is -0.0240. The standard InChI is InChI=1S/C14H15ClN2S/c1-7-9(15)6-8-11(17-5)13(16)18-12(8)10(7)14(2,3)4/h6H,16H2,1-4H3. The van der Waals surface area contributed by atoms with Gasteiger partial charge in [0.15, 0.2) is 0 Å². The average Bonchev–Trinajstić information content (AvgIpc) is 2.52. The Balaban J connectivity index is 3.02. The van der Waals surface area contributed by atoms with Gasteiger partial charge in [-0.1, -0.05) is 32.4 Å². The van der Waals surface area contributed by atoms with Crippen molar-refractivity contribution in [1.82, 2.24) is 0 Å². The number of halogens is 1. The second-order valence-corrected chi connectivity index (χ2v) is 6.87. The Morgan fingerprint density at radius 1 is 1.39 bits per heavy atom. The van der Waals surface area contributed by atoms with Crippen molar-refractivity contribution >= 4 is 43.7 Å². The van der Waals surface area contributed by atoms with Crippen LogP contribution in [0.2, 0.25) is 5.02 Å². The summed E-state index contributed by atoms with van der Waals surface area (Å²) in [4.78, 5) is 3.53. The molecule has 94 valence electrons. The first-order chi connectivity index (χ1) is 8.27. The van der Waals surface area contributed by atoms with Gasteiger partial charge in [0.1, 0.15) is 0 Å². The van der Waals surface area contributed by atoms with Crippen molar-refractivity contribution < 1.29 is 0 Å². The Morgan fingerprint density at radius 2 is 2.00 bits per heavy atom. The Morgan fingerprint density at radius 3 is 2.50 bits per heavy atom. The normalized spacial score (nSPS) is 11.8. The largest absolute Gasteiger partial charge is 0.399 e. The smallest absolute Gasteiger partial charge is 0.227 e. The van der Waals surface area contributed by atoms with Crippen LogP contribution in [0.1, 0.15) is 31.9 Å². The highest BCUT2D eigenvalue weighted by molar-refractivity contribution is 7.23. The van der Waals surface area contributed by atoms with Gasteiger partial charge in [0.2, 0.25) is 5.69 Å². The summed E-state index contributed by atoms with van der Waals surface area (Å²) in [5.41, 5.74) is 8.71. The predicted octanol–water partition coefficient (Wildman–Crippen LogP) is 5.29. The molecular weight excluding hydrogens is 264 g/mol. The van der Waals surface area contributed by atoms with Crippen molar-refractivity contribution in [2.45, 2.75) is 33.1 Å². The van der Waals surface area contributed by atoms with E-state index in [9.17, 15) is 0 Å². The third-order valence-electron chi connectivity index (χ3n) is 3.04. The van der Waals surface area contributed by atoms with E-state index in [1.165, 1.54) is 16.9 Å². The van der Waals surface area contributed by atoms with Crippen LogP contribution in [0.5, 0.6) is 0 Å². The fourth-order valence-corrected chi connectivity index (χ4v) is 3.82. The van der Waals surface area contributed by atoms with Gasteiger partial charge in [-0.3, -0.25) is 0 Å². The van der Waals surface area contributed by atoms with Crippen molar-refractivity contribution in [2.24, 2.45) is 0 Å². The second kappa shape index (κ2) is 4.15. The number of nitrogens with zero attached hydrogens (tertiary/aromatic N) is 1. The van der Waals surface area contributed by atoms with Crippen LogP contribution < -0.4 is 5.73 Å². The van der Waals surface area contributed by atoms with Crippen molar-refractivity contribution in [1.29, 1.82) is 0 Å². The summed E-state index contributed by atoms with van der Waals surface area (Å²) in [5.74, 6) is 0. The van der Waals surface area contributed by atoms with Gasteiger partial charge >= 0.3 is 0 Å². The maximum absolute atomic E-state index is 7.24. The molecule has 0 aliphatic rings. The van der Waals surface area contributed by atoms with E-state index < -0.39 is 0 Å². The zero-order chi connectivity index (χ0) is 13.7. The molecule has 2 rings (SSSR count). The molecule has 0 atom stereocenters. The molecule has 0 radical (unpaired) electrons. The van der Waals surface area contributed by atoms with Gasteiger partial charge in [-0.05, 0) is 29.5 Å². The fraction of sp³-hybridized carbons (Fsp3) is 0.357. The molecule has 0 aliphatic carbocycles. The van der Waals surface area contributed by atoms with Gasteiger partial charge in [-0.2, -0.15) is 0 Å². The molecule has 2 nitrogen and oxygen atoms in total. The van der Waals surface area contributed by atoms with Crippen molar-refractivity contribution in [3.05, 3.63) is 33.6 Å². The van der Waals surface area contributed by atoms with Gasteiger partial charge < -0.3 is 5.73 Å². The predicted molar refractivity (Wildman–Crippen MR) is 80.9 cm³/mol. The van der Waals surface area contributed by atoms with E-state index in [-0.39, 0.29) is 5.41 Å². The van der Waals surface area contributed by atoms with Gasteiger partial charge in [-0.25, -0.2) is 4.85 Å². The van der Waals surface area contributed by atoms with Crippen molar-refractivity contribution in [2.75, 3.05) is 5.73 Å². The van der Waals surface area contributed by atoms with E-state index in [1.807, 2.05) is 13.0 Å². The van der Waals surface area contributed by atoms with Crippen molar-refractivity contribution in [3.63, 3.8) is 0 Å². The molecular formula is C14H15ClN2S. The van der Waals surface area contributed by atoms with E-state index in [1.54, 1.807) is 0 Å². The highest BCUT2D eigenvalue weighted by Crippen LogP contribution is 2.47. The summed E-state index contributed by atoms with van der Waals surface area (Å²) in [5, 5.41) is 2.16. The Bertz CT molecular complexity index is 672. The number of benzene rings is 1. The molecule has 0 saturated carbocycles. The topological polar surface area (TPSA) is 30.4 Å². The summed E-state index contributed by atoms with van der Waals surface area (Å²) < 4.78 is 1.09.